The lowest BCUT2D eigenvalue weighted by Gasteiger charge is -2.11. The third-order valence-electron chi connectivity index (χ3n) is 1.41. The van der Waals surface area contributed by atoms with Crippen molar-refractivity contribution < 1.29 is 0 Å². The summed E-state index contributed by atoms with van der Waals surface area (Å²) < 4.78 is 0. The van der Waals surface area contributed by atoms with Crippen LogP contribution in [0.4, 0.5) is 17.8 Å². The fourth-order valence-corrected chi connectivity index (χ4v) is 0.782. The fraction of sp³-hybridized carbons (Fsp3) is 0.429. The van der Waals surface area contributed by atoms with Gasteiger partial charge in [-0.3, -0.25) is 5.32 Å². The third kappa shape index (κ3) is 2.20. The summed E-state index contributed by atoms with van der Waals surface area (Å²) in [7, 11) is 5.32. The molecule has 1 heterocycles. The molecule has 0 aliphatic carbocycles. The van der Waals surface area contributed by atoms with Gasteiger partial charge in [-0.05, 0) is 0 Å². The zero-order valence-electron chi connectivity index (χ0n) is 8.24. The van der Waals surface area contributed by atoms with Gasteiger partial charge in [-0.1, -0.05) is 0 Å². The summed E-state index contributed by atoms with van der Waals surface area (Å²) in [6, 6.07) is 0. The Labute approximate surface area is 81.8 Å². The molecule has 1 aromatic heterocycles. The lowest BCUT2D eigenvalue weighted by atomic mass is 10.7. The van der Waals surface area contributed by atoms with E-state index >= 15 is 0 Å². The summed E-state index contributed by atoms with van der Waals surface area (Å²) in [5, 5.41) is 13.6. The number of nitrogens with zero attached hydrogens (tertiary/aromatic N) is 5. The fourth-order valence-electron chi connectivity index (χ4n) is 0.782. The molecular formula is C7H11N7. The minimum atomic E-state index is 0.232. The summed E-state index contributed by atoms with van der Waals surface area (Å²) in [5.74, 6) is 1.14. The van der Waals surface area contributed by atoms with Gasteiger partial charge >= 0.3 is 0 Å². The van der Waals surface area contributed by atoms with Crippen molar-refractivity contribution >= 4 is 17.8 Å². The molecule has 1 rings (SSSR count). The maximum absolute atomic E-state index is 8.42. The van der Waals surface area contributed by atoms with Gasteiger partial charge in [0.2, 0.25) is 17.8 Å². The largest absolute Gasteiger partial charge is 0.357 e. The van der Waals surface area contributed by atoms with Crippen molar-refractivity contribution in [1.29, 1.82) is 5.26 Å². The Hall–Kier alpha value is -2.10. The van der Waals surface area contributed by atoms with Crippen molar-refractivity contribution in [3.63, 3.8) is 0 Å². The molecule has 14 heavy (non-hydrogen) atoms. The van der Waals surface area contributed by atoms with Gasteiger partial charge in [-0.15, -0.1) is 0 Å². The summed E-state index contributed by atoms with van der Waals surface area (Å²) >= 11 is 0. The van der Waals surface area contributed by atoms with Gasteiger partial charge < -0.3 is 10.2 Å². The number of aromatic nitrogens is 3. The van der Waals surface area contributed by atoms with Gasteiger partial charge in [0.15, 0.2) is 6.19 Å². The van der Waals surface area contributed by atoms with Gasteiger partial charge in [-0.25, -0.2) is 0 Å². The molecule has 7 heteroatoms. The van der Waals surface area contributed by atoms with Crippen LogP contribution in [0, 0.1) is 11.5 Å². The van der Waals surface area contributed by atoms with Crippen molar-refractivity contribution in [2.75, 3.05) is 36.7 Å². The lowest BCUT2D eigenvalue weighted by Crippen LogP contribution is -2.15. The SMILES string of the molecule is CNc1nc(NC#N)nc(N(C)C)n1. The quantitative estimate of drug-likeness (QED) is 0.510. The highest BCUT2D eigenvalue weighted by Gasteiger charge is 2.05. The molecule has 0 fully saturated rings. The molecule has 0 amide bonds. The highest BCUT2D eigenvalue weighted by atomic mass is 15.3. The molecule has 0 saturated heterocycles. The molecule has 0 aliphatic rings. The Kier molecular flexibility index (Phi) is 3.01. The van der Waals surface area contributed by atoms with E-state index in [9.17, 15) is 0 Å². The first-order valence-electron chi connectivity index (χ1n) is 3.93. The Morgan fingerprint density at radius 3 is 2.36 bits per heavy atom. The second kappa shape index (κ2) is 4.23. The van der Waals surface area contributed by atoms with Crippen LogP contribution in [-0.4, -0.2) is 36.1 Å². The maximum Gasteiger partial charge on any atom is 0.242 e. The van der Waals surface area contributed by atoms with Crippen LogP contribution in [0.25, 0.3) is 0 Å². The Bertz CT molecular complexity index is 354. The van der Waals surface area contributed by atoms with E-state index in [4.69, 9.17) is 5.26 Å². The van der Waals surface area contributed by atoms with Crippen molar-refractivity contribution in [1.82, 2.24) is 15.0 Å². The lowest BCUT2D eigenvalue weighted by molar-refractivity contribution is 0.963. The highest BCUT2D eigenvalue weighted by molar-refractivity contribution is 5.44. The summed E-state index contributed by atoms with van der Waals surface area (Å²) in [6.07, 6.45) is 1.75. The van der Waals surface area contributed by atoms with Gasteiger partial charge in [0.25, 0.3) is 0 Å². The van der Waals surface area contributed by atoms with Crippen LogP contribution in [0.3, 0.4) is 0 Å². The molecule has 2 N–H and O–H groups in total. The zero-order chi connectivity index (χ0) is 10.6. The van der Waals surface area contributed by atoms with Crippen LogP contribution in [-0.2, 0) is 0 Å². The molecule has 0 spiro atoms. The number of nitriles is 1. The number of hydrogen-bond acceptors (Lipinski definition) is 7. The summed E-state index contributed by atoms with van der Waals surface area (Å²) in [5.41, 5.74) is 0. The van der Waals surface area contributed by atoms with Gasteiger partial charge in [0.1, 0.15) is 0 Å². The number of nitrogens with one attached hydrogen (secondary N) is 2. The van der Waals surface area contributed by atoms with Gasteiger partial charge in [0, 0.05) is 21.1 Å². The van der Waals surface area contributed by atoms with Gasteiger partial charge in [-0.2, -0.15) is 20.2 Å². The summed E-state index contributed by atoms with van der Waals surface area (Å²) in [4.78, 5) is 13.7. The predicted molar refractivity (Wildman–Crippen MR) is 52.9 cm³/mol. The van der Waals surface area contributed by atoms with Crippen molar-refractivity contribution in [2.45, 2.75) is 0 Å². The molecule has 0 aromatic carbocycles. The third-order valence-corrected chi connectivity index (χ3v) is 1.41. The van der Waals surface area contributed by atoms with Crippen LogP contribution in [0.5, 0.6) is 0 Å². The minimum absolute atomic E-state index is 0.232. The topological polar surface area (TPSA) is 89.8 Å². The molecular weight excluding hydrogens is 182 g/mol. The highest BCUT2D eigenvalue weighted by Crippen LogP contribution is 2.09. The molecule has 0 atom stereocenters. The van der Waals surface area contributed by atoms with Crippen LogP contribution >= 0.6 is 0 Å². The number of hydrogen-bond donors (Lipinski definition) is 2. The zero-order valence-corrected chi connectivity index (χ0v) is 8.24. The Morgan fingerprint density at radius 2 is 1.86 bits per heavy atom. The van der Waals surface area contributed by atoms with E-state index in [0.29, 0.717) is 11.9 Å². The van der Waals surface area contributed by atoms with E-state index in [1.165, 1.54) is 0 Å². The van der Waals surface area contributed by atoms with E-state index < -0.39 is 0 Å². The van der Waals surface area contributed by atoms with Crippen LogP contribution in [0.15, 0.2) is 0 Å². The second-order valence-electron chi connectivity index (χ2n) is 2.66. The molecule has 74 valence electrons. The smallest absolute Gasteiger partial charge is 0.242 e. The molecule has 0 aliphatic heterocycles. The van der Waals surface area contributed by atoms with E-state index in [1.807, 2.05) is 14.1 Å². The average molecular weight is 193 g/mol. The van der Waals surface area contributed by atoms with E-state index in [0.717, 1.165) is 0 Å². The monoisotopic (exact) mass is 193 g/mol. The second-order valence-corrected chi connectivity index (χ2v) is 2.66. The van der Waals surface area contributed by atoms with Crippen LogP contribution < -0.4 is 15.5 Å². The Balaban J connectivity index is 3.08. The number of rotatable bonds is 3. The van der Waals surface area contributed by atoms with Crippen molar-refractivity contribution in [3.8, 4) is 6.19 Å². The van der Waals surface area contributed by atoms with E-state index in [1.54, 1.807) is 18.1 Å². The van der Waals surface area contributed by atoms with Gasteiger partial charge in [0.05, 0.1) is 0 Å². The van der Waals surface area contributed by atoms with E-state index in [2.05, 4.69) is 25.6 Å². The molecule has 0 bridgehead atoms. The minimum Gasteiger partial charge on any atom is -0.357 e. The van der Waals surface area contributed by atoms with Crippen LogP contribution in [0.2, 0.25) is 0 Å². The molecule has 7 nitrogen and oxygen atoms in total. The van der Waals surface area contributed by atoms with Crippen LogP contribution in [0.1, 0.15) is 0 Å². The molecule has 1 aromatic rings. The predicted octanol–water partition coefficient (Wildman–Crippen LogP) is -0.128. The average Bonchev–Trinajstić information content (AvgIpc) is 2.17. The maximum atomic E-state index is 8.42. The normalized spacial score (nSPS) is 9.00. The molecule has 0 saturated carbocycles. The molecule has 0 radical (unpaired) electrons. The Morgan fingerprint density at radius 1 is 1.21 bits per heavy atom. The van der Waals surface area contributed by atoms with Crippen molar-refractivity contribution in [3.05, 3.63) is 0 Å². The first-order valence-corrected chi connectivity index (χ1v) is 3.93. The van der Waals surface area contributed by atoms with E-state index in [-0.39, 0.29) is 5.95 Å². The van der Waals surface area contributed by atoms with Crippen molar-refractivity contribution in [2.24, 2.45) is 0 Å². The summed E-state index contributed by atoms with van der Waals surface area (Å²) in [6.45, 7) is 0. The first-order chi connectivity index (χ1) is 6.67. The standard InChI is InChI=1S/C7H11N7/c1-9-5-11-6(10-4-8)13-7(12-5)14(2)3/h1-3H3,(H2,9,10,11,12,13). The first kappa shape index (κ1) is 9.98. The number of anilines is 3. The molecule has 0 unspecified atom stereocenters.